The van der Waals surface area contributed by atoms with Crippen LogP contribution < -0.4 is 15.5 Å². The quantitative estimate of drug-likeness (QED) is 0.858. The average molecular weight is 311 g/mol. The zero-order chi connectivity index (χ0) is 16.1. The molecule has 0 unspecified atom stereocenters. The van der Waals surface area contributed by atoms with Crippen LogP contribution >= 0.6 is 0 Å². The molecule has 2 N–H and O–H groups in total. The average Bonchev–Trinajstić information content (AvgIpc) is 2.61. The lowest BCUT2D eigenvalue weighted by atomic mass is 10.2. The summed E-state index contributed by atoms with van der Waals surface area (Å²) in [6.45, 7) is 4.58. The Bertz CT molecular complexity index is 604. The molecule has 1 aromatic heterocycles. The van der Waals surface area contributed by atoms with Crippen molar-refractivity contribution in [1.82, 2.24) is 4.98 Å². The number of ether oxygens (including phenoxy) is 1. The highest BCUT2D eigenvalue weighted by molar-refractivity contribution is 5.55. The number of anilines is 3. The minimum absolute atomic E-state index is 0.590. The Labute approximate surface area is 137 Å². The largest absolute Gasteiger partial charge is 0.399 e. The molecule has 121 valence electrons. The Morgan fingerprint density at radius 1 is 1.00 bits per heavy atom. The molecule has 1 aliphatic rings. The number of piperazine rings is 1. The van der Waals surface area contributed by atoms with Gasteiger partial charge in [0.15, 0.2) is 0 Å². The number of nitrogens with two attached hydrogens (primary N) is 1. The third-order valence-corrected chi connectivity index (χ3v) is 4.13. The molecule has 0 bridgehead atoms. The Morgan fingerprint density at radius 2 is 1.61 bits per heavy atom. The van der Waals surface area contributed by atoms with Gasteiger partial charge in [-0.05, 0) is 36.4 Å². The van der Waals surface area contributed by atoms with E-state index in [0.717, 1.165) is 37.6 Å². The lowest BCUT2D eigenvalue weighted by Crippen LogP contribution is -2.46. The Kier molecular flexibility index (Phi) is 4.98. The summed E-state index contributed by atoms with van der Waals surface area (Å²) in [5.41, 5.74) is 9.93. The molecular weight excluding hydrogens is 288 g/mol. The molecule has 0 atom stereocenters. The Hall–Kier alpha value is -2.27. The fourth-order valence-electron chi connectivity index (χ4n) is 2.78. The number of pyridine rings is 1. The highest BCUT2D eigenvalue weighted by Crippen LogP contribution is 2.21. The molecule has 1 saturated heterocycles. The van der Waals surface area contributed by atoms with Crippen LogP contribution in [0.4, 0.5) is 17.1 Å². The van der Waals surface area contributed by atoms with Crippen molar-refractivity contribution in [3.63, 3.8) is 0 Å². The summed E-state index contributed by atoms with van der Waals surface area (Å²) >= 11 is 0. The van der Waals surface area contributed by atoms with Crippen molar-refractivity contribution in [3.8, 4) is 0 Å². The number of hydrogen-bond donors (Lipinski definition) is 1. The molecule has 2 aromatic rings. The van der Waals surface area contributed by atoms with Gasteiger partial charge in [0.25, 0.3) is 0 Å². The van der Waals surface area contributed by atoms with E-state index in [9.17, 15) is 0 Å². The van der Waals surface area contributed by atoms with Crippen LogP contribution in [0, 0.1) is 6.42 Å². The van der Waals surface area contributed by atoms with Gasteiger partial charge < -0.3 is 20.3 Å². The van der Waals surface area contributed by atoms with Crippen molar-refractivity contribution in [2.75, 3.05) is 55.4 Å². The molecule has 1 radical (unpaired) electrons. The van der Waals surface area contributed by atoms with E-state index in [1.165, 1.54) is 11.4 Å². The molecule has 3 rings (SSSR count). The fraction of sp³-hybridized carbons (Fsp3) is 0.333. The Balaban J connectivity index is 1.57. The van der Waals surface area contributed by atoms with Gasteiger partial charge in [-0.1, -0.05) is 0 Å². The molecule has 23 heavy (non-hydrogen) atoms. The summed E-state index contributed by atoms with van der Waals surface area (Å²) in [6, 6.07) is 12.3. The molecule has 0 aliphatic carbocycles. The first kappa shape index (κ1) is 15.6. The van der Waals surface area contributed by atoms with Crippen LogP contribution in [-0.4, -0.2) is 44.9 Å². The normalized spacial score (nSPS) is 15.0. The number of aromatic nitrogens is 1. The summed E-state index contributed by atoms with van der Waals surface area (Å²) < 4.78 is 5.03. The maximum atomic E-state index is 5.75. The standard InChI is InChI=1S/C18H23N4O/c1-23-13-8-16-4-7-18(14-20-16)22-11-9-21(10-12-22)17-5-2-15(19)3-6-17/h2-8,14H,9-13,19H2,1H3. The lowest BCUT2D eigenvalue weighted by molar-refractivity contribution is 0.225. The zero-order valence-corrected chi connectivity index (χ0v) is 13.5. The van der Waals surface area contributed by atoms with Crippen LogP contribution in [0.25, 0.3) is 0 Å². The van der Waals surface area contributed by atoms with E-state index in [-0.39, 0.29) is 0 Å². The van der Waals surface area contributed by atoms with E-state index in [1.54, 1.807) is 7.11 Å². The molecule has 0 saturated carbocycles. The van der Waals surface area contributed by atoms with Crippen molar-refractivity contribution in [2.24, 2.45) is 0 Å². The molecule has 5 nitrogen and oxygen atoms in total. The second kappa shape index (κ2) is 7.33. The minimum atomic E-state index is 0.590. The van der Waals surface area contributed by atoms with Gasteiger partial charge in [0.1, 0.15) is 0 Å². The minimum Gasteiger partial charge on any atom is -0.399 e. The van der Waals surface area contributed by atoms with Crippen molar-refractivity contribution >= 4 is 17.1 Å². The van der Waals surface area contributed by atoms with Gasteiger partial charge in [0, 0.05) is 56.8 Å². The molecule has 5 heteroatoms. The first-order valence-electron chi connectivity index (χ1n) is 7.90. The van der Waals surface area contributed by atoms with E-state index in [2.05, 4.69) is 33.0 Å². The first-order chi connectivity index (χ1) is 11.3. The smallest absolute Gasteiger partial charge is 0.0554 e. The molecule has 1 aromatic carbocycles. The SMILES string of the molecule is COC[CH]c1ccc(N2CCN(c3ccc(N)cc3)CC2)cn1. The van der Waals surface area contributed by atoms with Crippen LogP contribution in [0.3, 0.4) is 0 Å². The maximum absolute atomic E-state index is 5.75. The third-order valence-electron chi connectivity index (χ3n) is 4.13. The molecular formula is C18H23N4O. The second-order valence-electron chi connectivity index (χ2n) is 5.67. The fourth-order valence-corrected chi connectivity index (χ4v) is 2.78. The van der Waals surface area contributed by atoms with E-state index >= 15 is 0 Å². The Morgan fingerprint density at radius 3 is 2.17 bits per heavy atom. The van der Waals surface area contributed by atoms with Gasteiger partial charge >= 0.3 is 0 Å². The van der Waals surface area contributed by atoms with Gasteiger partial charge in [-0.15, -0.1) is 0 Å². The van der Waals surface area contributed by atoms with Crippen molar-refractivity contribution in [3.05, 3.63) is 54.7 Å². The number of methoxy groups -OCH3 is 1. The predicted octanol–water partition coefficient (Wildman–Crippen LogP) is 2.19. The number of hydrogen-bond acceptors (Lipinski definition) is 5. The van der Waals surface area contributed by atoms with E-state index < -0.39 is 0 Å². The molecule has 1 aliphatic heterocycles. The third kappa shape index (κ3) is 3.93. The van der Waals surface area contributed by atoms with Gasteiger partial charge in [0.05, 0.1) is 18.5 Å². The summed E-state index contributed by atoms with van der Waals surface area (Å²) in [5, 5.41) is 0. The number of nitrogen functional groups attached to an aromatic ring is 1. The second-order valence-corrected chi connectivity index (χ2v) is 5.67. The number of benzene rings is 1. The van der Waals surface area contributed by atoms with Gasteiger partial charge in [-0.3, -0.25) is 4.98 Å². The summed E-state index contributed by atoms with van der Waals surface area (Å²) in [6.07, 6.45) is 3.92. The topological polar surface area (TPSA) is 54.6 Å². The maximum Gasteiger partial charge on any atom is 0.0554 e. The highest BCUT2D eigenvalue weighted by atomic mass is 16.5. The van der Waals surface area contributed by atoms with Crippen LogP contribution in [0.2, 0.25) is 0 Å². The predicted molar refractivity (Wildman–Crippen MR) is 94.8 cm³/mol. The highest BCUT2D eigenvalue weighted by Gasteiger charge is 2.17. The van der Waals surface area contributed by atoms with Gasteiger partial charge in [-0.2, -0.15) is 0 Å². The molecule has 2 heterocycles. The number of rotatable bonds is 5. The van der Waals surface area contributed by atoms with Gasteiger partial charge in [0.2, 0.25) is 0 Å². The summed E-state index contributed by atoms with van der Waals surface area (Å²) in [7, 11) is 1.69. The van der Waals surface area contributed by atoms with Gasteiger partial charge in [-0.25, -0.2) is 0 Å². The monoisotopic (exact) mass is 311 g/mol. The van der Waals surface area contributed by atoms with Crippen LogP contribution in [0.15, 0.2) is 42.6 Å². The van der Waals surface area contributed by atoms with Crippen LogP contribution in [-0.2, 0) is 4.74 Å². The summed E-state index contributed by atoms with van der Waals surface area (Å²) in [4.78, 5) is 9.24. The van der Waals surface area contributed by atoms with Crippen LogP contribution in [0.1, 0.15) is 5.69 Å². The zero-order valence-electron chi connectivity index (χ0n) is 13.5. The molecule has 0 amide bonds. The molecule has 1 fully saturated rings. The van der Waals surface area contributed by atoms with Crippen molar-refractivity contribution in [2.45, 2.75) is 0 Å². The van der Waals surface area contributed by atoms with E-state index in [0.29, 0.717) is 6.61 Å². The summed E-state index contributed by atoms with van der Waals surface area (Å²) in [5.74, 6) is 0. The molecule has 0 spiro atoms. The van der Waals surface area contributed by atoms with Crippen molar-refractivity contribution < 1.29 is 4.74 Å². The van der Waals surface area contributed by atoms with Crippen molar-refractivity contribution in [1.29, 1.82) is 0 Å². The lowest BCUT2D eigenvalue weighted by Gasteiger charge is -2.37. The number of nitrogens with zero attached hydrogens (tertiary/aromatic N) is 3. The first-order valence-corrected chi connectivity index (χ1v) is 7.90. The van der Waals surface area contributed by atoms with E-state index in [1.807, 2.05) is 30.8 Å². The van der Waals surface area contributed by atoms with E-state index in [4.69, 9.17) is 10.5 Å². The van der Waals surface area contributed by atoms with Crippen LogP contribution in [0.5, 0.6) is 0 Å².